The quantitative estimate of drug-likeness (QED) is 0.388. The summed E-state index contributed by atoms with van der Waals surface area (Å²) in [6.07, 6.45) is 4.62. The topological polar surface area (TPSA) is 101 Å². The van der Waals surface area contributed by atoms with E-state index in [1.165, 1.54) is 0 Å². The average Bonchev–Trinajstić information content (AvgIpc) is 3.55. The van der Waals surface area contributed by atoms with Crippen molar-refractivity contribution in [3.05, 3.63) is 77.5 Å². The van der Waals surface area contributed by atoms with E-state index in [9.17, 15) is 4.79 Å². The number of amides is 1. The fourth-order valence-electron chi connectivity index (χ4n) is 4.45. The average molecular weight is 452 g/mol. The summed E-state index contributed by atoms with van der Waals surface area (Å²) in [4.78, 5) is 31.1. The number of rotatable bonds is 6. The molecular formula is C26H25N7O. The van der Waals surface area contributed by atoms with Gasteiger partial charge in [0.2, 0.25) is 0 Å². The number of imidazole rings is 1. The lowest BCUT2D eigenvalue weighted by atomic mass is 10.1. The predicted molar refractivity (Wildman–Crippen MR) is 130 cm³/mol. The zero-order valence-corrected chi connectivity index (χ0v) is 19.1. The molecule has 4 heterocycles. The first-order valence-corrected chi connectivity index (χ1v) is 11.7. The normalized spacial score (nSPS) is 14.5. The minimum absolute atomic E-state index is 0.148. The number of carbonyl (C=O) groups is 1. The maximum atomic E-state index is 13.7. The molecule has 1 aliphatic rings. The van der Waals surface area contributed by atoms with E-state index in [4.69, 9.17) is 15.1 Å². The van der Waals surface area contributed by atoms with Crippen molar-refractivity contribution in [2.24, 2.45) is 0 Å². The molecule has 8 heteroatoms. The number of para-hydroxylation sites is 2. The summed E-state index contributed by atoms with van der Waals surface area (Å²) in [6.45, 7) is 3.95. The number of aromatic nitrogens is 6. The van der Waals surface area contributed by atoms with Gasteiger partial charge in [0.25, 0.3) is 5.91 Å². The molecule has 1 aromatic carbocycles. The lowest BCUT2D eigenvalue weighted by Gasteiger charge is -2.16. The summed E-state index contributed by atoms with van der Waals surface area (Å²) in [5.74, 6) is 1.68. The molecule has 1 fully saturated rings. The number of carbonyl (C=O) groups excluding carboxylic acids is 1. The van der Waals surface area contributed by atoms with Gasteiger partial charge in [0.15, 0.2) is 11.5 Å². The highest BCUT2D eigenvalue weighted by Crippen LogP contribution is 2.40. The maximum Gasteiger partial charge on any atom is 0.252 e. The molecule has 2 N–H and O–H groups in total. The van der Waals surface area contributed by atoms with Crippen LogP contribution in [-0.2, 0) is 0 Å². The van der Waals surface area contributed by atoms with Gasteiger partial charge in [-0.1, -0.05) is 25.1 Å². The number of hydrogen-bond donors (Lipinski definition) is 2. The first-order chi connectivity index (χ1) is 16.6. The molecular weight excluding hydrogens is 426 g/mol. The predicted octanol–water partition coefficient (Wildman–Crippen LogP) is 4.76. The Morgan fingerprint density at radius 1 is 1.18 bits per heavy atom. The summed E-state index contributed by atoms with van der Waals surface area (Å²) < 4.78 is 1.74. The van der Waals surface area contributed by atoms with Crippen LogP contribution in [0, 0.1) is 6.92 Å². The van der Waals surface area contributed by atoms with Crippen molar-refractivity contribution in [3.63, 3.8) is 0 Å². The highest BCUT2D eigenvalue weighted by molar-refractivity contribution is 6.07. The van der Waals surface area contributed by atoms with Gasteiger partial charge in [-0.25, -0.2) is 15.0 Å². The van der Waals surface area contributed by atoms with Crippen LogP contribution in [0.5, 0.6) is 0 Å². The molecule has 1 saturated carbocycles. The summed E-state index contributed by atoms with van der Waals surface area (Å²) >= 11 is 0. The van der Waals surface area contributed by atoms with Crippen molar-refractivity contribution in [1.82, 2.24) is 35.0 Å². The van der Waals surface area contributed by atoms with Crippen LogP contribution in [0.4, 0.5) is 0 Å². The third-order valence-corrected chi connectivity index (χ3v) is 6.39. The Kier molecular flexibility index (Phi) is 4.86. The summed E-state index contributed by atoms with van der Waals surface area (Å²) in [5.41, 5.74) is 4.80. The van der Waals surface area contributed by atoms with Crippen LogP contribution in [0.25, 0.3) is 27.9 Å². The Labute approximate surface area is 196 Å². The van der Waals surface area contributed by atoms with Crippen molar-refractivity contribution in [2.75, 3.05) is 0 Å². The molecule has 0 saturated heterocycles. The molecule has 1 unspecified atom stereocenters. The number of aryl methyl sites for hydroxylation is 1. The summed E-state index contributed by atoms with van der Waals surface area (Å²) in [5, 5.41) is 8.66. The Hall–Kier alpha value is -4.07. The van der Waals surface area contributed by atoms with Crippen molar-refractivity contribution in [2.45, 2.75) is 45.1 Å². The van der Waals surface area contributed by atoms with Gasteiger partial charge in [0.05, 0.1) is 33.7 Å². The number of H-pyrrole nitrogens is 1. The van der Waals surface area contributed by atoms with E-state index in [0.717, 1.165) is 46.5 Å². The van der Waals surface area contributed by atoms with Gasteiger partial charge >= 0.3 is 0 Å². The van der Waals surface area contributed by atoms with Crippen molar-refractivity contribution >= 4 is 28.0 Å². The summed E-state index contributed by atoms with van der Waals surface area (Å²) in [6, 6.07) is 15.3. The van der Waals surface area contributed by atoms with E-state index in [0.29, 0.717) is 29.4 Å². The molecule has 0 bridgehead atoms. The molecule has 1 amide bonds. The summed E-state index contributed by atoms with van der Waals surface area (Å²) in [7, 11) is 0. The van der Waals surface area contributed by atoms with E-state index < -0.39 is 0 Å². The zero-order valence-electron chi connectivity index (χ0n) is 19.1. The Morgan fingerprint density at radius 3 is 2.74 bits per heavy atom. The van der Waals surface area contributed by atoms with Gasteiger partial charge in [-0.2, -0.15) is 9.78 Å². The van der Waals surface area contributed by atoms with E-state index in [1.807, 2.05) is 62.4 Å². The molecule has 4 aromatic heterocycles. The zero-order chi connectivity index (χ0) is 23.2. The second-order valence-corrected chi connectivity index (χ2v) is 8.83. The highest BCUT2D eigenvalue weighted by atomic mass is 16.1. The Morgan fingerprint density at radius 2 is 2.00 bits per heavy atom. The van der Waals surface area contributed by atoms with Gasteiger partial charge in [0.1, 0.15) is 5.82 Å². The Balaban J connectivity index is 1.43. The molecule has 8 nitrogen and oxygen atoms in total. The standard InChI is InChI=1S/C26H25N7O/c1-3-18(24-28-19-8-4-5-9-20(19)29-24)31-26(34)17-14-21(16-11-12-16)30-25-23(17)15(2)32-33(25)22-10-6-7-13-27-22/h4-10,13-14,16,18H,3,11-12H2,1-2H3,(H,28,29)(H,31,34). The largest absolute Gasteiger partial charge is 0.342 e. The fourth-order valence-corrected chi connectivity index (χ4v) is 4.45. The molecule has 170 valence electrons. The number of nitrogens with zero attached hydrogens (tertiary/aromatic N) is 5. The van der Waals surface area contributed by atoms with Crippen molar-refractivity contribution < 1.29 is 4.79 Å². The number of hydrogen-bond acceptors (Lipinski definition) is 5. The van der Waals surface area contributed by atoms with E-state index in [1.54, 1.807) is 10.9 Å². The monoisotopic (exact) mass is 451 g/mol. The smallest absolute Gasteiger partial charge is 0.252 e. The number of benzene rings is 1. The minimum atomic E-state index is -0.237. The van der Waals surface area contributed by atoms with Crippen LogP contribution in [0.1, 0.15) is 65.7 Å². The number of fused-ring (bicyclic) bond motifs is 2. The first-order valence-electron chi connectivity index (χ1n) is 11.7. The molecule has 34 heavy (non-hydrogen) atoms. The maximum absolute atomic E-state index is 13.7. The fraction of sp³-hybridized carbons (Fsp3) is 0.269. The highest BCUT2D eigenvalue weighted by Gasteiger charge is 2.30. The van der Waals surface area contributed by atoms with Crippen LogP contribution >= 0.6 is 0 Å². The minimum Gasteiger partial charge on any atom is -0.342 e. The Bertz CT molecular complexity index is 1480. The lowest BCUT2D eigenvalue weighted by molar-refractivity contribution is 0.0935. The molecule has 0 aliphatic heterocycles. The second-order valence-electron chi connectivity index (χ2n) is 8.83. The molecule has 1 atom stereocenters. The van der Waals surface area contributed by atoms with Crippen LogP contribution in [0.15, 0.2) is 54.7 Å². The third-order valence-electron chi connectivity index (χ3n) is 6.39. The van der Waals surface area contributed by atoms with E-state index in [2.05, 4.69) is 15.3 Å². The molecule has 0 radical (unpaired) electrons. The molecule has 5 aromatic rings. The van der Waals surface area contributed by atoms with Crippen LogP contribution in [-0.4, -0.2) is 35.6 Å². The number of pyridine rings is 2. The van der Waals surface area contributed by atoms with Gasteiger partial charge in [-0.15, -0.1) is 0 Å². The van der Waals surface area contributed by atoms with Gasteiger partial charge in [0, 0.05) is 17.8 Å². The van der Waals surface area contributed by atoms with Gasteiger partial charge in [-0.05, 0) is 56.5 Å². The number of nitrogens with one attached hydrogen (secondary N) is 2. The second kappa shape index (κ2) is 8.06. The van der Waals surface area contributed by atoms with Crippen LogP contribution in [0.2, 0.25) is 0 Å². The number of aromatic amines is 1. The van der Waals surface area contributed by atoms with Crippen molar-refractivity contribution in [1.29, 1.82) is 0 Å². The van der Waals surface area contributed by atoms with Crippen molar-refractivity contribution in [3.8, 4) is 5.82 Å². The third kappa shape index (κ3) is 3.51. The lowest BCUT2D eigenvalue weighted by Crippen LogP contribution is -2.29. The SMILES string of the molecule is CCC(NC(=O)c1cc(C2CC2)nc2c1c(C)nn2-c1ccccn1)c1nc2ccccc2[nH]1. The van der Waals surface area contributed by atoms with Gasteiger partial charge < -0.3 is 10.3 Å². The molecule has 6 rings (SSSR count). The van der Waals surface area contributed by atoms with Crippen LogP contribution in [0.3, 0.4) is 0 Å². The van der Waals surface area contributed by atoms with Gasteiger partial charge in [-0.3, -0.25) is 4.79 Å². The van der Waals surface area contributed by atoms with Crippen LogP contribution < -0.4 is 5.32 Å². The van der Waals surface area contributed by atoms with E-state index in [-0.39, 0.29) is 11.9 Å². The van der Waals surface area contributed by atoms with E-state index >= 15 is 0 Å². The molecule has 1 aliphatic carbocycles. The first kappa shape index (κ1) is 20.5. The molecule has 0 spiro atoms.